The van der Waals surface area contributed by atoms with Crippen LogP contribution in [0.1, 0.15) is 23.0 Å². The van der Waals surface area contributed by atoms with Crippen LogP contribution in [0.25, 0.3) is 6.08 Å². The smallest absolute Gasteiger partial charge is 0.291 e. The molecule has 0 aliphatic heterocycles. The van der Waals surface area contributed by atoms with Gasteiger partial charge in [0.25, 0.3) is 11.8 Å². The lowest BCUT2D eigenvalue weighted by Crippen LogP contribution is -2.48. The quantitative estimate of drug-likeness (QED) is 0.744. The number of furan rings is 1. The molecule has 2 N–H and O–H groups in total. The van der Waals surface area contributed by atoms with Crippen LogP contribution in [0.4, 0.5) is 0 Å². The zero-order chi connectivity index (χ0) is 18.4. The van der Waals surface area contributed by atoms with E-state index in [1.54, 1.807) is 24.3 Å². The number of carbonyl (C=O) groups is 3. The molecule has 0 bridgehead atoms. The summed E-state index contributed by atoms with van der Waals surface area (Å²) >= 11 is 5.81. The van der Waals surface area contributed by atoms with E-state index in [-0.39, 0.29) is 11.5 Å². The summed E-state index contributed by atoms with van der Waals surface area (Å²) in [6, 6.07) is 8.21. The van der Waals surface area contributed by atoms with Crippen molar-refractivity contribution in [1.29, 1.82) is 0 Å². The third kappa shape index (κ3) is 5.22. The van der Waals surface area contributed by atoms with Crippen molar-refractivity contribution in [3.05, 3.63) is 64.7 Å². The molecule has 0 unspecified atom stereocenters. The van der Waals surface area contributed by atoms with Gasteiger partial charge in [0.2, 0.25) is 0 Å². The fourth-order valence-electron chi connectivity index (χ4n) is 1.81. The monoisotopic (exact) mass is 361 g/mol. The molecule has 2 amide bonds. The van der Waals surface area contributed by atoms with Crippen LogP contribution < -0.4 is 15.7 Å². The Hall–Kier alpha value is -3.06. The lowest BCUT2D eigenvalue weighted by molar-refractivity contribution is -0.307. The highest BCUT2D eigenvalue weighted by atomic mass is 35.5. The normalized spacial score (nSPS) is 12.3. The maximum absolute atomic E-state index is 12.3. The molecule has 25 heavy (non-hydrogen) atoms. The Morgan fingerprint density at radius 2 is 1.88 bits per heavy atom. The number of hydrogen-bond acceptors (Lipinski definition) is 5. The molecule has 1 aromatic heterocycles. The van der Waals surface area contributed by atoms with Crippen molar-refractivity contribution in [2.75, 3.05) is 0 Å². The van der Waals surface area contributed by atoms with Crippen LogP contribution in [0.2, 0.25) is 5.02 Å². The van der Waals surface area contributed by atoms with Crippen molar-refractivity contribution in [2.45, 2.75) is 13.0 Å². The van der Waals surface area contributed by atoms with Gasteiger partial charge < -0.3 is 25.0 Å². The molecule has 0 saturated heterocycles. The number of amides is 2. The van der Waals surface area contributed by atoms with Crippen molar-refractivity contribution in [3.63, 3.8) is 0 Å². The van der Waals surface area contributed by atoms with E-state index in [9.17, 15) is 19.5 Å². The highest BCUT2D eigenvalue weighted by Gasteiger charge is 2.18. The minimum atomic E-state index is -1.45. The van der Waals surface area contributed by atoms with Crippen molar-refractivity contribution in [1.82, 2.24) is 10.6 Å². The number of benzene rings is 1. The molecule has 0 spiro atoms. The van der Waals surface area contributed by atoms with Crippen LogP contribution >= 0.6 is 11.6 Å². The van der Waals surface area contributed by atoms with E-state index < -0.39 is 23.8 Å². The van der Waals surface area contributed by atoms with Gasteiger partial charge in [0.05, 0.1) is 18.3 Å². The van der Waals surface area contributed by atoms with Gasteiger partial charge in [-0.15, -0.1) is 0 Å². The standard InChI is InChI=1S/C17H15ClN2O5/c1-10(17(23)24)19-15(21)13(9-11-4-6-12(18)7-5-11)20-16(22)14-3-2-8-25-14/h2-10H,1H3,(H,19,21)(H,20,22)(H,23,24)/p-1/b13-9+/t10-/m0/s1. The molecule has 0 fully saturated rings. The number of carbonyl (C=O) groups excluding carboxylic acids is 3. The molecule has 1 aromatic carbocycles. The predicted molar refractivity (Wildman–Crippen MR) is 88.2 cm³/mol. The second-order valence-corrected chi connectivity index (χ2v) is 5.49. The van der Waals surface area contributed by atoms with Crippen molar-refractivity contribution < 1.29 is 23.9 Å². The van der Waals surface area contributed by atoms with Gasteiger partial charge in [-0.1, -0.05) is 23.7 Å². The summed E-state index contributed by atoms with van der Waals surface area (Å²) in [5, 5.41) is 15.9. The lowest BCUT2D eigenvalue weighted by atomic mass is 10.1. The van der Waals surface area contributed by atoms with Gasteiger partial charge >= 0.3 is 0 Å². The van der Waals surface area contributed by atoms with Crippen LogP contribution in [0, 0.1) is 0 Å². The first-order chi connectivity index (χ1) is 11.9. The molecule has 0 saturated carbocycles. The van der Waals surface area contributed by atoms with E-state index in [0.29, 0.717) is 10.6 Å². The number of carboxylic acids is 1. The summed E-state index contributed by atoms with van der Waals surface area (Å²) in [6.07, 6.45) is 2.70. The minimum absolute atomic E-state index is 0.00255. The molecular formula is C17H14ClN2O5-. The number of carboxylic acid groups (broad SMARTS) is 1. The van der Waals surface area contributed by atoms with E-state index in [4.69, 9.17) is 16.0 Å². The molecule has 0 aliphatic carbocycles. The van der Waals surface area contributed by atoms with Gasteiger partial charge in [-0.3, -0.25) is 9.59 Å². The van der Waals surface area contributed by atoms with Crippen molar-refractivity contribution >= 4 is 35.5 Å². The Morgan fingerprint density at radius 1 is 1.20 bits per heavy atom. The first-order valence-electron chi connectivity index (χ1n) is 7.20. The van der Waals surface area contributed by atoms with E-state index in [2.05, 4.69) is 10.6 Å². The topological polar surface area (TPSA) is 111 Å². The highest BCUT2D eigenvalue weighted by Crippen LogP contribution is 2.12. The SMILES string of the molecule is C[C@H](NC(=O)/C(=C\c1ccc(Cl)cc1)NC(=O)c1ccco1)C(=O)[O-]. The number of aliphatic carboxylic acids is 1. The van der Waals surface area contributed by atoms with E-state index >= 15 is 0 Å². The molecule has 0 aliphatic rings. The van der Waals surface area contributed by atoms with Crippen LogP contribution in [-0.2, 0) is 9.59 Å². The van der Waals surface area contributed by atoms with Crippen LogP contribution in [0.5, 0.6) is 0 Å². The van der Waals surface area contributed by atoms with Gasteiger partial charge in [-0.05, 0) is 42.8 Å². The first kappa shape index (κ1) is 18.3. The van der Waals surface area contributed by atoms with Crippen LogP contribution in [0.15, 0.2) is 52.8 Å². The number of halogens is 1. The largest absolute Gasteiger partial charge is 0.548 e. The van der Waals surface area contributed by atoms with E-state index in [1.807, 2.05) is 0 Å². The van der Waals surface area contributed by atoms with Gasteiger partial charge in [-0.2, -0.15) is 0 Å². The third-order valence-electron chi connectivity index (χ3n) is 3.12. The fraction of sp³-hybridized carbons (Fsp3) is 0.118. The Bertz CT molecular complexity index is 797. The number of nitrogens with one attached hydrogen (secondary N) is 2. The Kier molecular flexibility index (Phi) is 5.97. The van der Waals surface area contributed by atoms with Crippen LogP contribution in [0.3, 0.4) is 0 Å². The molecule has 2 rings (SSSR count). The lowest BCUT2D eigenvalue weighted by Gasteiger charge is -2.16. The summed E-state index contributed by atoms with van der Waals surface area (Å²) in [4.78, 5) is 35.2. The third-order valence-corrected chi connectivity index (χ3v) is 3.37. The average molecular weight is 362 g/mol. The zero-order valence-electron chi connectivity index (χ0n) is 13.1. The molecule has 1 atom stereocenters. The maximum Gasteiger partial charge on any atom is 0.291 e. The fourth-order valence-corrected chi connectivity index (χ4v) is 1.94. The van der Waals surface area contributed by atoms with Gasteiger partial charge in [0, 0.05) is 5.02 Å². The molecule has 8 heteroatoms. The van der Waals surface area contributed by atoms with Gasteiger partial charge in [0.1, 0.15) is 5.70 Å². The summed E-state index contributed by atoms with van der Waals surface area (Å²) in [6.45, 7) is 1.25. The van der Waals surface area contributed by atoms with Crippen LogP contribution in [-0.4, -0.2) is 23.8 Å². The molecule has 2 aromatic rings. The van der Waals surface area contributed by atoms with E-state index in [0.717, 1.165) is 0 Å². The van der Waals surface area contributed by atoms with Gasteiger partial charge in [-0.25, -0.2) is 0 Å². The average Bonchev–Trinajstić information content (AvgIpc) is 3.10. The summed E-state index contributed by atoms with van der Waals surface area (Å²) < 4.78 is 4.97. The summed E-state index contributed by atoms with van der Waals surface area (Å²) in [5.41, 5.74) is 0.423. The van der Waals surface area contributed by atoms with Crippen molar-refractivity contribution in [2.24, 2.45) is 0 Å². The summed E-state index contributed by atoms with van der Waals surface area (Å²) in [7, 11) is 0. The van der Waals surface area contributed by atoms with Crippen molar-refractivity contribution in [3.8, 4) is 0 Å². The molecular weight excluding hydrogens is 348 g/mol. The minimum Gasteiger partial charge on any atom is -0.548 e. The first-order valence-corrected chi connectivity index (χ1v) is 7.58. The molecule has 1 heterocycles. The predicted octanol–water partition coefficient (Wildman–Crippen LogP) is 0.959. The second-order valence-electron chi connectivity index (χ2n) is 5.06. The number of hydrogen-bond donors (Lipinski definition) is 2. The maximum atomic E-state index is 12.3. The van der Waals surface area contributed by atoms with Gasteiger partial charge in [0.15, 0.2) is 5.76 Å². The Labute approximate surface area is 148 Å². The Balaban J connectivity index is 2.26. The van der Waals surface area contributed by atoms with E-state index in [1.165, 1.54) is 31.4 Å². The zero-order valence-corrected chi connectivity index (χ0v) is 13.9. The highest BCUT2D eigenvalue weighted by molar-refractivity contribution is 6.30. The molecule has 130 valence electrons. The number of rotatable bonds is 6. The molecule has 7 nitrogen and oxygen atoms in total. The molecule has 0 radical (unpaired) electrons. The summed E-state index contributed by atoms with van der Waals surface area (Å²) in [5.74, 6) is -2.88. The second kappa shape index (κ2) is 8.16. The Morgan fingerprint density at radius 3 is 2.44 bits per heavy atom.